The van der Waals surface area contributed by atoms with Crippen molar-refractivity contribution in [1.29, 1.82) is 0 Å². The molecule has 1 aromatic rings. The quantitative estimate of drug-likeness (QED) is 0.787. The number of aryl methyl sites for hydroxylation is 2. The smallest absolute Gasteiger partial charge is 0.272 e. The number of likely N-dealkylation sites (tertiary alicyclic amines) is 2. The molecule has 5 nitrogen and oxygen atoms in total. The highest BCUT2D eigenvalue weighted by molar-refractivity contribution is 5.92. The van der Waals surface area contributed by atoms with E-state index in [9.17, 15) is 4.79 Å². The number of carbonyl (C=O) groups excluding carboxylic acids is 1. The second-order valence-electron chi connectivity index (χ2n) is 9.59. The molecule has 3 heterocycles. The number of hydrogen-bond donors (Lipinski definition) is 0. The van der Waals surface area contributed by atoms with Gasteiger partial charge in [-0.15, -0.1) is 0 Å². The Kier molecular flexibility index (Phi) is 6.00. The summed E-state index contributed by atoms with van der Waals surface area (Å²) in [6.07, 6.45) is 12.3. The minimum Gasteiger partial charge on any atom is -0.337 e. The molecule has 1 spiro atoms. The van der Waals surface area contributed by atoms with Crippen molar-refractivity contribution in [3.63, 3.8) is 0 Å². The highest BCUT2D eigenvalue weighted by Crippen LogP contribution is 2.39. The zero-order valence-corrected chi connectivity index (χ0v) is 17.8. The number of amides is 1. The summed E-state index contributed by atoms with van der Waals surface area (Å²) in [6, 6.07) is 1.83. The van der Waals surface area contributed by atoms with Crippen molar-refractivity contribution in [3.8, 4) is 0 Å². The van der Waals surface area contributed by atoms with Gasteiger partial charge < -0.3 is 9.80 Å². The van der Waals surface area contributed by atoms with Gasteiger partial charge in [0.25, 0.3) is 5.91 Å². The first kappa shape index (κ1) is 19.8. The van der Waals surface area contributed by atoms with Crippen LogP contribution in [0.3, 0.4) is 0 Å². The van der Waals surface area contributed by atoms with Crippen LogP contribution in [0.5, 0.6) is 0 Å². The maximum Gasteiger partial charge on any atom is 0.272 e. The first-order valence-electron chi connectivity index (χ1n) is 11.4. The molecule has 0 radical (unpaired) electrons. The van der Waals surface area contributed by atoms with Crippen molar-refractivity contribution < 1.29 is 4.79 Å². The fourth-order valence-corrected chi connectivity index (χ4v) is 5.77. The summed E-state index contributed by atoms with van der Waals surface area (Å²) in [6.45, 7) is 9.23. The molecule has 0 bridgehead atoms. The number of rotatable bonds is 4. The Balaban J connectivity index is 1.34. The van der Waals surface area contributed by atoms with Gasteiger partial charge in [-0.05, 0) is 64.6 Å². The van der Waals surface area contributed by atoms with E-state index in [4.69, 9.17) is 0 Å². The standard InChI is InChI=1S/C23H36N4O/c1-18-15-21(25-19(2)24-18)22(28)27-14-11-23(17-27)10-6-12-26(16-23)13-9-20-7-4-3-5-8-20/h15,20H,3-14,16-17H2,1-2H3/t23-/m1/s1. The highest BCUT2D eigenvalue weighted by Gasteiger charge is 2.43. The van der Waals surface area contributed by atoms with Gasteiger partial charge in [0.05, 0.1) is 0 Å². The lowest BCUT2D eigenvalue weighted by Gasteiger charge is -2.41. The molecule has 2 saturated heterocycles. The van der Waals surface area contributed by atoms with Crippen molar-refractivity contribution in [3.05, 3.63) is 23.3 Å². The molecule has 154 valence electrons. The second kappa shape index (κ2) is 8.48. The monoisotopic (exact) mass is 384 g/mol. The lowest BCUT2D eigenvalue weighted by atomic mass is 9.79. The average Bonchev–Trinajstić information content (AvgIpc) is 3.09. The Hall–Kier alpha value is -1.49. The van der Waals surface area contributed by atoms with E-state index in [-0.39, 0.29) is 5.91 Å². The summed E-state index contributed by atoms with van der Waals surface area (Å²) < 4.78 is 0. The van der Waals surface area contributed by atoms with Gasteiger partial charge in [-0.2, -0.15) is 0 Å². The molecule has 1 saturated carbocycles. The predicted octanol–water partition coefficient (Wildman–Crippen LogP) is 3.99. The van der Waals surface area contributed by atoms with Crippen molar-refractivity contribution >= 4 is 5.91 Å². The van der Waals surface area contributed by atoms with E-state index in [0.717, 1.165) is 31.1 Å². The fourth-order valence-electron chi connectivity index (χ4n) is 5.77. The van der Waals surface area contributed by atoms with Crippen LogP contribution in [0.1, 0.15) is 79.8 Å². The van der Waals surface area contributed by atoms with Crippen LogP contribution >= 0.6 is 0 Å². The third-order valence-corrected chi connectivity index (χ3v) is 7.23. The first-order chi connectivity index (χ1) is 13.5. The van der Waals surface area contributed by atoms with E-state index < -0.39 is 0 Å². The van der Waals surface area contributed by atoms with E-state index in [1.165, 1.54) is 71.0 Å². The largest absolute Gasteiger partial charge is 0.337 e. The number of carbonyl (C=O) groups is 1. The molecule has 0 N–H and O–H groups in total. The average molecular weight is 385 g/mol. The summed E-state index contributed by atoms with van der Waals surface area (Å²) in [5, 5.41) is 0. The molecule has 1 amide bonds. The summed E-state index contributed by atoms with van der Waals surface area (Å²) >= 11 is 0. The lowest BCUT2D eigenvalue weighted by Crippen LogP contribution is -2.46. The molecule has 3 aliphatic rings. The van der Waals surface area contributed by atoms with Crippen LogP contribution in [0.25, 0.3) is 0 Å². The normalized spacial score (nSPS) is 26.9. The van der Waals surface area contributed by atoms with Crippen LogP contribution < -0.4 is 0 Å². The minimum absolute atomic E-state index is 0.0878. The van der Waals surface area contributed by atoms with Gasteiger partial charge in [0.15, 0.2) is 0 Å². The van der Waals surface area contributed by atoms with Crippen LogP contribution in [0.15, 0.2) is 6.07 Å². The molecule has 1 aliphatic carbocycles. The van der Waals surface area contributed by atoms with Crippen molar-refractivity contribution in [1.82, 2.24) is 19.8 Å². The van der Waals surface area contributed by atoms with E-state index in [0.29, 0.717) is 16.9 Å². The molecule has 28 heavy (non-hydrogen) atoms. The van der Waals surface area contributed by atoms with Gasteiger partial charge in [0.2, 0.25) is 0 Å². The van der Waals surface area contributed by atoms with Crippen LogP contribution in [-0.4, -0.2) is 58.4 Å². The van der Waals surface area contributed by atoms with Gasteiger partial charge in [-0.25, -0.2) is 9.97 Å². The van der Waals surface area contributed by atoms with E-state index in [1.54, 1.807) is 0 Å². The SMILES string of the molecule is Cc1cc(C(=O)N2CC[C@@]3(CCCN(CCC4CCCCC4)C3)C2)nc(C)n1. The molecular formula is C23H36N4O. The topological polar surface area (TPSA) is 49.3 Å². The van der Waals surface area contributed by atoms with Crippen LogP contribution in [0.4, 0.5) is 0 Å². The van der Waals surface area contributed by atoms with E-state index in [1.807, 2.05) is 24.8 Å². The van der Waals surface area contributed by atoms with Gasteiger partial charge in [0, 0.05) is 30.7 Å². The first-order valence-corrected chi connectivity index (χ1v) is 11.4. The lowest BCUT2D eigenvalue weighted by molar-refractivity contribution is 0.0669. The van der Waals surface area contributed by atoms with Crippen molar-refractivity contribution in [2.45, 2.75) is 71.6 Å². The molecule has 1 atom stereocenters. The van der Waals surface area contributed by atoms with E-state index >= 15 is 0 Å². The van der Waals surface area contributed by atoms with Gasteiger partial charge >= 0.3 is 0 Å². The molecule has 4 rings (SSSR count). The van der Waals surface area contributed by atoms with Crippen molar-refractivity contribution in [2.24, 2.45) is 11.3 Å². The van der Waals surface area contributed by atoms with Gasteiger partial charge in [-0.3, -0.25) is 4.79 Å². The highest BCUT2D eigenvalue weighted by atomic mass is 16.2. The molecule has 3 fully saturated rings. The Labute approximate surface area is 169 Å². The summed E-state index contributed by atoms with van der Waals surface area (Å²) in [5.41, 5.74) is 1.74. The number of aromatic nitrogens is 2. The zero-order valence-electron chi connectivity index (χ0n) is 17.8. The predicted molar refractivity (Wildman–Crippen MR) is 111 cm³/mol. The summed E-state index contributed by atoms with van der Waals surface area (Å²) in [5.74, 6) is 1.73. The van der Waals surface area contributed by atoms with Crippen LogP contribution in [0, 0.1) is 25.2 Å². The number of hydrogen-bond acceptors (Lipinski definition) is 4. The maximum absolute atomic E-state index is 13.0. The number of nitrogens with zero attached hydrogens (tertiary/aromatic N) is 4. The molecule has 2 aliphatic heterocycles. The fraction of sp³-hybridized carbons (Fsp3) is 0.783. The van der Waals surface area contributed by atoms with Crippen LogP contribution in [-0.2, 0) is 0 Å². The Morgan fingerprint density at radius 2 is 1.89 bits per heavy atom. The zero-order chi connectivity index (χ0) is 19.6. The van der Waals surface area contributed by atoms with Crippen LogP contribution in [0.2, 0.25) is 0 Å². The molecule has 5 heteroatoms. The minimum atomic E-state index is 0.0878. The van der Waals surface area contributed by atoms with Gasteiger partial charge in [0.1, 0.15) is 11.5 Å². The maximum atomic E-state index is 13.0. The number of piperidine rings is 1. The molecule has 1 aromatic heterocycles. The molecule has 0 unspecified atom stereocenters. The Morgan fingerprint density at radius 3 is 2.68 bits per heavy atom. The summed E-state index contributed by atoms with van der Waals surface area (Å²) in [7, 11) is 0. The van der Waals surface area contributed by atoms with Crippen molar-refractivity contribution in [2.75, 3.05) is 32.7 Å². The molecule has 0 aromatic carbocycles. The third-order valence-electron chi connectivity index (χ3n) is 7.23. The molecular weight excluding hydrogens is 348 g/mol. The summed E-state index contributed by atoms with van der Waals surface area (Å²) in [4.78, 5) is 26.5. The third kappa shape index (κ3) is 4.56. The van der Waals surface area contributed by atoms with Gasteiger partial charge in [-0.1, -0.05) is 32.1 Å². The Bertz CT molecular complexity index is 680. The Morgan fingerprint density at radius 1 is 1.07 bits per heavy atom. The second-order valence-corrected chi connectivity index (χ2v) is 9.59. The van der Waals surface area contributed by atoms with E-state index in [2.05, 4.69) is 14.9 Å².